The first-order chi connectivity index (χ1) is 8.06. The van der Waals surface area contributed by atoms with Crippen LogP contribution in [0.1, 0.15) is 0 Å². The number of hydrogen-bond acceptors (Lipinski definition) is 4. The summed E-state index contributed by atoms with van der Waals surface area (Å²) in [5.74, 6) is -0.0407. The van der Waals surface area contributed by atoms with Gasteiger partial charge in [-0.1, -0.05) is 11.6 Å². The van der Waals surface area contributed by atoms with Gasteiger partial charge >= 0.3 is 0 Å². The van der Waals surface area contributed by atoms with Gasteiger partial charge in [-0.2, -0.15) is 4.98 Å². The zero-order valence-electron chi connectivity index (χ0n) is 8.09. The van der Waals surface area contributed by atoms with Gasteiger partial charge < -0.3 is 5.32 Å². The summed E-state index contributed by atoms with van der Waals surface area (Å²) in [6.07, 6.45) is 0. The second kappa shape index (κ2) is 5.28. The molecule has 1 aromatic carbocycles. The summed E-state index contributed by atoms with van der Waals surface area (Å²) < 4.78 is 13.6. The summed E-state index contributed by atoms with van der Waals surface area (Å²) in [6, 6.07) is 4.28. The third-order valence-electron chi connectivity index (χ3n) is 1.80. The molecule has 2 aromatic rings. The first-order valence-electron chi connectivity index (χ1n) is 4.34. The van der Waals surface area contributed by atoms with Crippen molar-refractivity contribution in [3.8, 4) is 0 Å². The van der Waals surface area contributed by atoms with Crippen LogP contribution in [0.15, 0.2) is 18.2 Å². The number of benzene rings is 1. The monoisotopic (exact) mass is 384 g/mol. The molecule has 0 atom stereocenters. The minimum absolute atomic E-state index is 0.0194. The molecular formula is C9H4Cl2FIN4. The van der Waals surface area contributed by atoms with E-state index in [1.165, 1.54) is 12.1 Å². The Labute approximate surface area is 120 Å². The molecule has 0 fully saturated rings. The molecule has 0 aliphatic rings. The molecule has 0 saturated heterocycles. The molecule has 2 rings (SSSR count). The standard InChI is InChI=1S/C9H4Cl2FIN4/c10-7-8(15-9(11)17-16-7)14-6-2-1-4(12)3-5(6)13/h1-3H,(H,14,15,17). The lowest BCUT2D eigenvalue weighted by molar-refractivity contribution is 0.627. The van der Waals surface area contributed by atoms with Crippen LogP contribution in [0, 0.1) is 9.39 Å². The zero-order valence-corrected chi connectivity index (χ0v) is 11.8. The molecule has 1 aromatic heterocycles. The molecule has 0 amide bonds. The van der Waals surface area contributed by atoms with Gasteiger partial charge in [0.25, 0.3) is 0 Å². The van der Waals surface area contributed by atoms with E-state index in [0.717, 1.165) is 0 Å². The van der Waals surface area contributed by atoms with E-state index in [2.05, 4.69) is 20.5 Å². The molecule has 0 unspecified atom stereocenters. The van der Waals surface area contributed by atoms with Crippen LogP contribution >= 0.6 is 45.8 Å². The van der Waals surface area contributed by atoms with Crippen molar-refractivity contribution in [2.75, 3.05) is 5.32 Å². The molecule has 17 heavy (non-hydrogen) atoms. The van der Waals surface area contributed by atoms with Crippen LogP contribution in [0.3, 0.4) is 0 Å². The first-order valence-corrected chi connectivity index (χ1v) is 6.17. The Balaban J connectivity index is 2.34. The Morgan fingerprint density at radius 3 is 2.71 bits per heavy atom. The van der Waals surface area contributed by atoms with E-state index in [9.17, 15) is 4.39 Å². The summed E-state index contributed by atoms with van der Waals surface area (Å²) in [5, 5.41) is 10.1. The second-order valence-corrected chi connectivity index (χ2v) is 4.83. The fourth-order valence-corrected chi connectivity index (χ4v) is 1.95. The lowest BCUT2D eigenvalue weighted by atomic mass is 10.3. The highest BCUT2D eigenvalue weighted by Crippen LogP contribution is 2.25. The topological polar surface area (TPSA) is 50.7 Å². The summed E-state index contributed by atoms with van der Waals surface area (Å²) in [6.45, 7) is 0. The molecular weight excluding hydrogens is 381 g/mol. The minimum Gasteiger partial charge on any atom is -0.337 e. The number of halogens is 4. The molecule has 0 radical (unpaired) electrons. The fourth-order valence-electron chi connectivity index (χ4n) is 1.09. The van der Waals surface area contributed by atoms with Gasteiger partial charge in [0.2, 0.25) is 5.28 Å². The van der Waals surface area contributed by atoms with Gasteiger partial charge in [0.1, 0.15) is 5.82 Å². The van der Waals surface area contributed by atoms with Crippen LogP contribution in [0.4, 0.5) is 15.9 Å². The first kappa shape index (κ1) is 12.7. The van der Waals surface area contributed by atoms with Crippen LogP contribution < -0.4 is 5.32 Å². The normalized spacial score (nSPS) is 10.4. The largest absolute Gasteiger partial charge is 0.337 e. The average molecular weight is 385 g/mol. The predicted molar refractivity (Wildman–Crippen MR) is 72.2 cm³/mol. The molecule has 0 aliphatic carbocycles. The number of anilines is 2. The van der Waals surface area contributed by atoms with E-state index >= 15 is 0 Å². The van der Waals surface area contributed by atoms with E-state index in [0.29, 0.717) is 9.26 Å². The maximum atomic E-state index is 12.9. The third kappa shape index (κ3) is 3.14. The van der Waals surface area contributed by atoms with Crippen molar-refractivity contribution in [3.63, 3.8) is 0 Å². The van der Waals surface area contributed by atoms with Crippen LogP contribution in [-0.2, 0) is 0 Å². The Morgan fingerprint density at radius 1 is 1.24 bits per heavy atom. The number of aromatic nitrogens is 3. The number of nitrogens with one attached hydrogen (secondary N) is 1. The van der Waals surface area contributed by atoms with Crippen molar-refractivity contribution in [1.82, 2.24) is 15.2 Å². The van der Waals surface area contributed by atoms with Crippen molar-refractivity contribution < 1.29 is 4.39 Å². The molecule has 88 valence electrons. The summed E-state index contributed by atoms with van der Waals surface area (Å²) in [5.41, 5.74) is 0.658. The number of rotatable bonds is 2. The van der Waals surface area contributed by atoms with Crippen molar-refractivity contribution in [3.05, 3.63) is 38.0 Å². The predicted octanol–water partition coefficient (Wildman–Crippen LogP) is 3.67. The Bertz CT molecular complexity index is 567. The highest BCUT2D eigenvalue weighted by atomic mass is 127. The lowest BCUT2D eigenvalue weighted by Gasteiger charge is -2.08. The number of nitrogens with zero attached hydrogens (tertiary/aromatic N) is 3. The van der Waals surface area contributed by atoms with Crippen molar-refractivity contribution in [2.45, 2.75) is 0 Å². The van der Waals surface area contributed by atoms with Gasteiger partial charge in [-0.25, -0.2) is 4.39 Å². The Morgan fingerprint density at radius 2 is 2.00 bits per heavy atom. The van der Waals surface area contributed by atoms with Gasteiger partial charge in [-0.05, 0) is 52.4 Å². The van der Waals surface area contributed by atoms with Gasteiger partial charge in [0.05, 0.1) is 5.69 Å². The van der Waals surface area contributed by atoms with Gasteiger partial charge in [-0.15, -0.1) is 10.2 Å². The van der Waals surface area contributed by atoms with E-state index in [1.54, 1.807) is 6.07 Å². The number of hydrogen-bond donors (Lipinski definition) is 1. The van der Waals surface area contributed by atoms with E-state index in [1.807, 2.05) is 22.6 Å². The van der Waals surface area contributed by atoms with Crippen molar-refractivity contribution >= 4 is 57.3 Å². The molecule has 0 aliphatic heterocycles. The highest BCUT2D eigenvalue weighted by Gasteiger charge is 2.08. The maximum absolute atomic E-state index is 12.9. The van der Waals surface area contributed by atoms with E-state index in [4.69, 9.17) is 23.2 Å². The Kier molecular flexibility index (Phi) is 3.95. The molecule has 0 spiro atoms. The molecule has 0 bridgehead atoms. The zero-order chi connectivity index (χ0) is 12.4. The van der Waals surface area contributed by atoms with Crippen LogP contribution in [0.5, 0.6) is 0 Å². The van der Waals surface area contributed by atoms with Crippen LogP contribution in [-0.4, -0.2) is 15.2 Å². The maximum Gasteiger partial charge on any atom is 0.245 e. The smallest absolute Gasteiger partial charge is 0.245 e. The quantitative estimate of drug-likeness (QED) is 0.802. The summed E-state index contributed by atoms with van der Waals surface area (Å²) in [7, 11) is 0. The molecule has 1 N–H and O–H groups in total. The van der Waals surface area contributed by atoms with Crippen molar-refractivity contribution in [2.24, 2.45) is 0 Å². The van der Waals surface area contributed by atoms with Crippen molar-refractivity contribution in [1.29, 1.82) is 0 Å². The van der Waals surface area contributed by atoms with E-state index in [-0.39, 0.29) is 22.1 Å². The second-order valence-electron chi connectivity index (χ2n) is 2.97. The van der Waals surface area contributed by atoms with Crippen LogP contribution in [0.25, 0.3) is 0 Å². The molecule has 0 saturated carbocycles. The van der Waals surface area contributed by atoms with Gasteiger partial charge in [0, 0.05) is 3.57 Å². The summed E-state index contributed by atoms with van der Waals surface area (Å²) >= 11 is 13.4. The highest BCUT2D eigenvalue weighted by molar-refractivity contribution is 14.1. The fraction of sp³-hybridized carbons (Fsp3) is 0. The third-order valence-corrected chi connectivity index (χ3v) is 3.11. The SMILES string of the molecule is Fc1ccc(Nc2nc(Cl)nnc2Cl)c(I)c1. The van der Waals surface area contributed by atoms with E-state index < -0.39 is 0 Å². The minimum atomic E-state index is -0.315. The summed E-state index contributed by atoms with van der Waals surface area (Å²) in [4.78, 5) is 3.88. The van der Waals surface area contributed by atoms with Crippen LogP contribution in [0.2, 0.25) is 10.4 Å². The molecule has 8 heteroatoms. The average Bonchev–Trinajstić information content (AvgIpc) is 2.27. The van der Waals surface area contributed by atoms with Gasteiger partial charge in [-0.3, -0.25) is 0 Å². The van der Waals surface area contributed by atoms with Gasteiger partial charge in [0.15, 0.2) is 11.0 Å². The lowest BCUT2D eigenvalue weighted by Crippen LogP contribution is -2.00. The Hall–Kier alpha value is -0.730. The molecule has 4 nitrogen and oxygen atoms in total. The molecule has 1 heterocycles.